The van der Waals surface area contributed by atoms with Gasteiger partial charge in [-0.25, -0.2) is 0 Å². The largest absolute Gasteiger partial charge is 0.391 e. The minimum atomic E-state index is -1.35. The molecule has 3 aromatic rings. The molecule has 0 saturated heterocycles. The lowest BCUT2D eigenvalue weighted by atomic mass is 10.0. The van der Waals surface area contributed by atoms with Crippen molar-refractivity contribution < 1.29 is 19.5 Å². The first-order chi connectivity index (χ1) is 14.5. The van der Waals surface area contributed by atoms with Gasteiger partial charge in [0, 0.05) is 5.69 Å². The fourth-order valence-electron chi connectivity index (χ4n) is 3.61. The lowest BCUT2D eigenvalue weighted by Crippen LogP contribution is -2.52. The molecule has 3 amide bonds. The molecule has 3 aromatic carbocycles. The number of nitrogens with zero attached hydrogens (tertiary/aromatic N) is 1. The van der Waals surface area contributed by atoms with Gasteiger partial charge in [-0.1, -0.05) is 54.6 Å². The van der Waals surface area contributed by atoms with Crippen LogP contribution in [0.4, 0.5) is 5.69 Å². The number of carbonyl (C=O) groups is 3. The van der Waals surface area contributed by atoms with Crippen LogP contribution < -0.4 is 5.32 Å². The van der Waals surface area contributed by atoms with Crippen LogP contribution in [-0.4, -0.2) is 39.9 Å². The van der Waals surface area contributed by atoms with Gasteiger partial charge in [0.15, 0.2) is 0 Å². The maximum atomic E-state index is 13.1. The molecule has 0 unspecified atom stereocenters. The van der Waals surface area contributed by atoms with Gasteiger partial charge < -0.3 is 10.4 Å². The molecule has 6 heteroatoms. The minimum Gasteiger partial charge on any atom is -0.391 e. The molecular formula is C24H20N2O4. The summed E-state index contributed by atoms with van der Waals surface area (Å²) in [4.78, 5) is 39.8. The predicted octanol–water partition coefficient (Wildman–Crippen LogP) is 3.34. The number of carbonyl (C=O) groups excluding carboxylic acids is 3. The number of benzene rings is 3. The predicted molar refractivity (Wildman–Crippen MR) is 113 cm³/mol. The zero-order valence-electron chi connectivity index (χ0n) is 16.3. The monoisotopic (exact) mass is 400 g/mol. The minimum absolute atomic E-state index is 0.220. The van der Waals surface area contributed by atoms with Gasteiger partial charge in [0.2, 0.25) is 5.91 Å². The molecule has 0 radical (unpaired) electrons. The first-order valence-electron chi connectivity index (χ1n) is 9.58. The molecule has 4 rings (SSSR count). The van der Waals surface area contributed by atoms with Crippen molar-refractivity contribution in [2.45, 2.75) is 19.1 Å². The zero-order valence-corrected chi connectivity index (χ0v) is 16.3. The summed E-state index contributed by atoms with van der Waals surface area (Å²) in [6.07, 6.45) is -1.25. The highest BCUT2D eigenvalue weighted by molar-refractivity contribution is 6.23. The Labute approximate surface area is 173 Å². The van der Waals surface area contributed by atoms with Crippen molar-refractivity contribution in [3.8, 4) is 11.1 Å². The summed E-state index contributed by atoms with van der Waals surface area (Å²) in [7, 11) is 0. The number of aliphatic hydroxyl groups is 1. The van der Waals surface area contributed by atoms with Gasteiger partial charge in [-0.05, 0) is 42.3 Å². The number of hydrogen-bond acceptors (Lipinski definition) is 4. The maximum Gasteiger partial charge on any atom is 0.262 e. The van der Waals surface area contributed by atoms with Crippen molar-refractivity contribution in [3.05, 3.63) is 90.0 Å². The second-order valence-corrected chi connectivity index (χ2v) is 7.15. The fourth-order valence-corrected chi connectivity index (χ4v) is 3.61. The van der Waals surface area contributed by atoms with Gasteiger partial charge in [-0.2, -0.15) is 0 Å². The molecule has 0 fully saturated rings. The topological polar surface area (TPSA) is 86.7 Å². The standard InChI is InChI=1S/C24H20N2O4/c1-15(27)21(22(28)25-18-10-6-3-7-11-18)26-23(29)19-13-12-17(14-20(19)24(26)30)16-8-4-2-5-9-16/h2-15,21,27H,1H3,(H,25,28)/t15-,21+/m1/s1. The highest BCUT2D eigenvalue weighted by Crippen LogP contribution is 2.30. The number of amides is 3. The van der Waals surface area contributed by atoms with Crippen LogP contribution in [0, 0.1) is 0 Å². The normalized spacial score (nSPS) is 14.9. The SMILES string of the molecule is C[C@@H](O)[C@@H](C(=O)Nc1ccccc1)N1C(=O)c2ccc(-c3ccccc3)cc2C1=O. The Hall–Kier alpha value is -3.77. The summed E-state index contributed by atoms with van der Waals surface area (Å²) >= 11 is 0. The number of rotatable bonds is 5. The lowest BCUT2D eigenvalue weighted by Gasteiger charge is -2.27. The number of hydrogen-bond donors (Lipinski definition) is 2. The van der Waals surface area contributed by atoms with Crippen molar-refractivity contribution in [3.63, 3.8) is 0 Å². The van der Waals surface area contributed by atoms with Crippen LogP contribution in [-0.2, 0) is 4.79 Å². The van der Waals surface area contributed by atoms with Crippen molar-refractivity contribution >= 4 is 23.4 Å². The Morgan fingerprint density at radius 1 is 0.833 bits per heavy atom. The highest BCUT2D eigenvalue weighted by Gasteiger charge is 2.45. The van der Waals surface area contributed by atoms with Gasteiger partial charge in [0.05, 0.1) is 17.2 Å². The summed E-state index contributed by atoms with van der Waals surface area (Å²) in [5, 5.41) is 12.9. The van der Waals surface area contributed by atoms with Gasteiger partial charge in [-0.3, -0.25) is 19.3 Å². The second kappa shape index (κ2) is 7.93. The van der Waals surface area contributed by atoms with E-state index >= 15 is 0 Å². The van der Waals surface area contributed by atoms with Crippen molar-refractivity contribution in [1.29, 1.82) is 0 Å². The van der Waals surface area contributed by atoms with Crippen LogP contribution in [0.15, 0.2) is 78.9 Å². The Kier molecular flexibility index (Phi) is 5.16. The third-order valence-electron chi connectivity index (χ3n) is 5.07. The first-order valence-corrected chi connectivity index (χ1v) is 9.58. The van der Waals surface area contributed by atoms with E-state index in [4.69, 9.17) is 0 Å². The average molecular weight is 400 g/mol. The number of imide groups is 1. The van der Waals surface area contributed by atoms with E-state index in [0.29, 0.717) is 5.69 Å². The Morgan fingerprint density at radius 2 is 1.43 bits per heavy atom. The van der Waals surface area contributed by atoms with Gasteiger partial charge >= 0.3 is 0 Å². The summed E-state index contributed by atoms with van der Waals surface area (Å²) < 4.78 is 0. The van der Waals surface area contributed by atoms with E-state index in [1.807, 2.05) is 30.3 Å². The van der Waals surface area contributed by atoms with Crippen molar-refractivity contribution in [2.75, 3.05) is 5.32 Å². The first kappa shape index (κ1) is 19.5. The van der Waals surface area contributed by atoms with E-state index < -0.39 is 29.9 Å². The summed E-state index contributed by atoms with van der Waals surface area (Å²) in [6.45, 7) is 1.38. The molecule has 1 aliphatic heterocycles. The van der Waals surface area contributed by atoms with E-state index in [1.165, 1.54) is 6.92 Å². The van der Waals surface area contributed by atoms with Crippen LogP contribution in [0.1, 0.15) is 27.6 Å². The molecule has 0 spiro atoms. The van der Waals surface area contributed by atoms with Crippen LogP contribution in [0.25, 0.3) is 11.1 Å². The molecule has 6 nitrogen and oxygen atoms in total. The molecule has 0 aliphatic carbocycles. The van der Waals surface area contributed by atoms with Crippen LogP contribution >= 0.6 is 0 Å². The number of aliphatic hydroxyl groups excluding tert-OH is 1. The molecule has 2 atom stereocenters. The quantitative estimate of drug-likeness (QED) is 0.643. The third kappa shape index (κ3) is 3.49. The molecule has 1 aliphatic rings. The van der Waals surface area contributed by atoms with Crippen LogP contribution in [0.2, 0.25) is 0 Å². The number of fused-ring (bicyclic) bond motifs is 1. The summed E-state index contributed by atoms with van der Waals surface area (Å²) in [5.74, 6) is -1.82. The molecule has 30 heavy (non-hydrogen) atoms. The van der Waals surface area contributed by atoms with E-state index in [2.05, 4.69) is 5.32 Å². The summed E-state index contributed by atoms with van der Waals surface area (Å²) in [6, 6.07) is 21.8. The summed E-state index contributed by atoms with van der Waals surface area (Å²) in [5.41, 5.74) is 2.65. The zero-order chi connectivity index (χ0) is 21.3. The smallest absolute Gasteiger partial charge is 0.262 e. The van der Waals surface area contributed by atoms with E-state index in [-0.39, 0.29) is 11.1 Å². The molecular weight excluding hydrogens is 380 g/mol. The molecule has 1 heterocycles. The molecule has 0 bridgehead atoms. The van der Waals surface area contributed by atoms with Gasteiger partial charge in [0.1, 0.15) is 6.04 Å². The van der Waals surface area contributed by atoms with Crippen LogP contribution in [0.3, 0.4) is 0 Å². The number of anilines is 1. The van der Waals surface area contributed by atoms with Crippen molar-refractivity contribution in [2.24, 2.45) is 0 Å². The van der Waals surface area contributed by atoms with E-state index in [0.717, 1.165) is 16.0 Å². The van der Waals surface area contributed by atoms with E-state index in [1.54, 1.807) is 48.5 Å². The molecule has 0 saturated carbocycles. The lowest BCUT2D eigenvalue weighted by molar-refractivity contribution is -0.122. The van der Waals surface area contributed by atoms with E-state index in [9.17, 15) is 19.5 Å². The fraction of sp³-hybridized carbons (Fsp3) is 0.125. The molecule has 2 N–H and O–H groups in total. The van der Waals surface area contributed by atoms with Crippen LogP contribution in [0.5, 0.6) is 0 Å². The molecule has 150 valence electrons. The van der Waals surface area contributed by atoms with Gasteiger partial charge in [0.25, 0.3) is 11.8 Å². The highest BCUT2D eigenvalue weighted by atomic mass is 16.3. The van der Waals surface area contributed by atoms with Gasteiger partial charge in [-0.15, -0.1) is 0 Å². The number of nitrogens with one attached hydrogen (secondary N) is 1. The second-order valence-electron chi connectivity index (χ2n) is 7.15. The maximum absolute atomic E-state index is 13.1. The third-order valence-corrected chi connectivity index (χ3v) is 5.07. The van der Waals surface area contributed by atoms with Crippen molar-refractivity contribution in [1.82, 2.24) is 4.90 Å². The number of para-hydroxylation sites is 1. The Morgan fingerprint density at radius 3 is 2.07 bits per heavy atom. The average Bonchev–Trinajstić information content (AvgIpc) is 3.00. The Balaban J connectivity index is 1.66. The molecule has 0 aromatic heterocycles. The Bertz CT molecular complexity index is 1110.